The van der Waals surface area contributed by atoms with Crippen LogP contribution in [0, 0.1) is 5.82 Å². The van der Waals surface area contributed by atoms with E-state index in [4.69, 9.17) is 5.84 Å². The SMILES string of the molecule is CN(C)S(=O)(=O)CCNC(=O)c1cccc(F)c1NN. The molecule has 0 atom stereocenters. The van der Waals surface area contributed by atoms with E-state index in [1.54, 1.807) is 0 Å². The maximum absolute atomic E-state index is 13.4. The zero-order valence-electron chi connectivity index (χ0n) is 11.2. The van der Waals surface area contributed by atoms with E-state index in [1.807, 2.05) is 0 Å². The van der Waals surface area contributed by atoms with E-state index in [-0.39, 0.29) is 23.5 Å². The zero-order chi connectivity index (χ0) is 15.3. The monoisotopic (exact) mass is 304 g/mol. The molecule has 1 amide bonds. The van der Waals surface area contributed by atoms with Gasteiger partial charge in [0.05, 0.1) is 17.0 Å². The molecule has 1 aromatic carbocycles. The molecule has 1 rings (SSSR count). The minimum Gasteiger partial charge on any atom is -0.351 e. The number of sulfonamides is 1. The van der Waals surface area contributed by atoms with Crippen molar-refractivity contribution >= 4 is 21.6 Å². The van der Waals surface area contributed by atoms with Crippen molar-refractivity contribution in [1.82, 2.24) is 9.62 Å². The highest BCUT2D eigenvalue weighted by Crippen LogP contribution is 2.18. The molecule has 0 heterocycles. The third-order valence-electron chi connectivity index (χ3n) is 2.60. The quantitative estimate of drug-likeness (QED) is 0.496. The second-order valence-electron chi connectivity index (χ2n) is 4.16. The number of hydrogen-bond donors (Lipinski definition) is 3. The predicted molar refractivity (Wildman–Crippen MR) is 74.0 cm³/mol. The van der Waals surface area contributed by atoms with Gasteiger partial charge < -0.3 is 10.7 Å². The van der Waals surface area contributed by atoms with E-state index >= 15 is 0 Å². The number of rotatable bonds is 6. The molecular weight excluding hydrogens is 287 g/mol. The molecule has 7 nitrogen and oxygen atoms in total. The van der Waals surface area contributed by atoms with E-state index in [9.17, 15) is 17.6 Å². The van der Waals surface area contributed by atoms with Gasteiger partial charge in [0.15, 0.2) is 0 Å². The van der Waals surface area contributed by atoms with Crippen molar-refractivity contribution in [1.29, 1.82) is 0 Å². The third kappa shape index (κ3) is 3.89. The van der Waals surface area contributed by atoms with Crippen molar-refractivity contribution in [3.8, 4) is 0 Å². The fraction of sp³-hybridized carbons (Fsp3) is 0.364. The molecule has 9 heteroatoms. The van der Waals surface area contributed by atoms with Crippen LogP contribution in [0.2, 0.25) is 0 Å². The molecule has 20 heavy (non-hydrogen) atoms. The Morgan fingerprint density at radius 1 is 1.40 bits per heavy atom. The number of halogens is 1. The summed E-state index contributed by atoms with van der Waals surface area (Å²) in [5, 5.41) is 2.40. The number of amides is 1. The summed E-state index contributed by atoms with van der Waals surface area (Å²) in [5.74, 6) is 3.64. The number of nitrogen functional groups attached to an aromatic ring is 1. The molecule has 0 aliphatic heterocycles. The van der Waals surface area contributed by atoms with Gasteiger partial charge in [-0.15, -0.1) is 0 Å². The predicted octanol–water partition coefficient (Wildman–Crippen LogP) is -0.267. The fourth-order valence-corrected chi connectivity index (χ4v) is 2.16. The van der Waals surface area contributed by atoms with Crippen LogP contribution in [0.4, 0.5) is 10.1 Å². The van der Waals surface area contributed by atoms with Crippen molar-refractivity contribution < 1.29 is 17.6 Å². The normalized spacial score (nSPS) is 11.4. The number of benzene rings is 1. The number of nitrogens with zero attached hydrogens (tertiary/aromatic N) is 1. The lowest BCUT2D eigenvalue weighted by molar-refractivity contribution is 0.0956. The summed E-state index contributed by atoms with van der Waals surface area (Å²) in [6, 6.07) is 3.90. The molecule has 0 radical (unpaired) electrons. The first-order valence-electron chi connectivity index (χ1n) is 5.73. The second-order valence-corrected chi connectivity index (χ2v) is 6.46. The van der Waals surface area contributed by atoms with Crippen molar-refractivity contribution in [2.24, 2.45) is 5.84 Å². The topological polar surface area (TPSA) is 105 Å². The Labute approximate surface area is 117 Å². The molecule has 1 aromatic rings. The molecule has 0 fully saturated rings. The number of carbonyl (C=O) groups is 1. The van der Waals surface area contributed by atoms with E-state index in [2.05, 4.69) is 10.7 Å². The average Bonchev–Trinajstić information content (AvgIpc) is 2.37. The number of hydrazine groups is 1. The summed E-state index contributed by atoms with van der Waals surface area (Å²) >= 11 is 0. The average molecular weight is 304 g/mol. The highest BCUT2D eigenvalue weighted by atomic mass is 32.2. The third-order valence-corrected chi connectivity index (χ3v) is 4.44. The van der Waals surface area contributed by atoms with Crippen LogP contribution in [-0.4, -0.2) is 45.0 Å². The fourth-order valence-electron chi connectivity index (χ4n) is 1.43. The van der Waals surface area contributed by atoms with Gasteiger partial charge in [0.1, 0.15) is 5.82 Å². The van der Waals surface area contributed by atoms with Crippen LogP contribution in [0.25, 0.3) is 0 Å². The Morgan fingerprint density at radius 2 is 2.05 bits per heavy atom. The summed E-state index contributed by atoms with van der Waals surface area (Å²) in [5.41, 5.74) is 1.98. The molecule has 0 saturated heterocycles. The van der Waals surface area contributed by atoms with E-state index in [0.29, 0.717) is 0 Å². The summed E-state index contributed by atoms with van der Waals surface area (Å²) in [6.45, 7) is -0.0835. The lowest BCUT2D eigenvalue weighted by Crippen LogP contribution is -2.34. The van der Waals surface area contributed by atoms with Gasteiger partial charge in [-0.25, -0.2) is 17.1 Å². The molecule has 0 saturated carbocycles. The molecule has 0 unspecified atom stereocenters. The van der Waals surface area contributed by atoms with Crippen LogP contribution in [-0.2, 0) is 10.0 Å². The molecule has 0 bridgehead atoms. The van der Waals surface area contributed by atoms with Crippen LogP contribution in [0.1, 0.15) is 10.4 Å². The Morgan fingerprint density at radius 3 is 2.60 bits per heavy atom. The van der Waals surface area contributed by atoms with Gasteiger partial charge in [0.25, 0.3) is 5.91 Å². The van der Waals surface area contributed by atoms with Crippen LogP contribution in [0.3, 0.4) is 0 Å². The highest BCUT2D eigenvalue weighted by molar-refractivity contribution is 7.89. The van der Waals surface area contributed by atoms with Gasteiger partial charge in [-0.1, -0.05) is 6.07 Å². The van der Waals surface area contributed by atoms with Gasteiger partial charge in [-0.2, -0.15) is 0 Å². The van der Waals surface area contributed by atoms with Crippen LogP contribution in [0.5, 0.6) is 0 Å². The van der Waals surface area contributed by atoms with E-state index < -0.39 is 21.7 Å². The largest absolute Gasteiger partial charge is 0.351 e. The first kappa shape index (κ1) is 16.3. The molecule has 4 N–H and O–H groups in total. The Hall–Kier alpha value is -1.71. The van der Waals surface area contributed by atoms with E-state index in [0.717, 1.165) is 10.4 Å². The lowest BCUT2D eigenvalue weighted by Gasteiger charge is -2.13. The number of carbonyl (C=O) groups excluding carboxylic acids is 1. The Kier molecular flexibility index (Phi) is 5.43. The van der Waals surface area contributed by atoms with Crippen molar-refractivity contribution in [3.63, 3.8) is 0 Å². The first-order chi connectivity index (χ1) is 9.29. The molecule has 0 aliphatic carbocycles. The molecule has 0 aromatic heterocycles. The summed E-state index contributed by atoms with van der Waals surface area (Å²) < 4.78 is 37.5. The number of nitrogens with two attached hydrogens (primary N) is 1. The smallest absolute Gasteiger partial charge is 0.253 e. The second kappa shape index (κ2) is 6.64. The summed E-state index contributed by atoms with van der Waals surface area (Å²) in [6.07, 6.45) is 0. The highest BCUT2D eigenvalue weighted by Gasteiger charge is 2.17. The number of nitrogens with one attached hydrogen (secondary N) is 2. The Balaban J connectivity index is 2.72. The number of para-hydroxylation sites is 1. The van der Waals surface area contributed by atoms with Gasteiger partial charge in [0.2, 0.25) is 10.0 Å². The van der Waals surface area contributed by atoms with Gasteiger partial charge in [-0.3, -0.25) is 10.6 Å². The summed E-state index contributed by atoms with van der Waals surface area (Å²) in [4.78, 5) is 11.9. The maximum atomic E-state index is 13.4. The summed E-state index contributed by atoms with van der Waals surface area (Å²) in [7, 11) is -0.590. The zero-order valence-corrected chi connectivity index (χ0v) is 12.0. The van der Waals surface area contributed by atoms with Crippen LogP contribution in [0.15, 0.2) is 18.2 Å². The lowest BCUT2D eigenvalue weighted by atomic mass is 10.1. The van der Waals surface area contributed by atoms with Crippen LogP contribution >= 0.6 is 0 Å². The first-order valence-corrected chi connectivity index (χ1v) is 7.34. The minimum atomic E-state index is -3.40. The molecule has 0 aliphatic rings. The Bertz CT molecular complexity index is 589. The van der Waals surface area contributed by atoms with Crippen molar-refractivity contribution in [2.45, 2.75) is 0 Å². The number of anilines is 1. The molecular formula is C11H17FN4O3S. The number of hydrogen-bond acceptors (Lipinski definition) is 5. The van der Waals surface area contributed by atoms with Crippen LogP contribution < -0.4 is 16.6 Å². The minimum absolute atomic E-state index is 0.00903. The van der Waals surface area contributed by atoms with Crippen molar-refractivity contribution in [2.75, 3.05) is 31.8 Å². The molecule has 0 spiro atoms. The molecule has 112 valence electrons. The maximum Gasteiger partial charge on any atom is 0.253 e. The van der Waals surface area contributed by atoms with Gasteiger partial charge in [-0.05, 0) is 12.1 Å². The standard InChI is InChI=1S/C11H17FN4O3S/c1-16(2)20(18,19)7-6-14-11(17)8-4-3-5-9(12)10(8)15-13/h3-5,15H,6-7,13H2,1-2H3,(H,14,17). The van der Waals surface area contributed by atoms with E-state index in [1.165, 1.54) is 26.2 Å². The van der Waals surface area contributed by atoms with Gasteiger partial charge >= 0.3 is 0 Å². The van der Waals surface area contributed by atoms with Gasteiger partial charge in [0, 0.05) is 20.6 Å². The van der Waals surface area contributed by atoms with Crippen molar-refractivity contribution in [3.05, 3.63) is 29.6 Å².